The number of hydrogen-bond acceptors (Lipinski definition) is 6. The zero-order valence-corrected chi connectivity index (χ0v) is 9.00. The number of ether oxygens (including phenoxy) is 1. The van der Waals surface area contributed by atoms with E-state index in [4.69, 9.17) is 5.26 Å². The smallest absolute Gasteiger partial charge is 0.369 e. The van der Waals surface area contributed by atoms with Crippen molar-refractivity contribution in [3.8, 4) is 6.07 Å². The molecule has 1 aliphatic carbocycles. The zero-order chi connectivity index (χ0) is 10.9. The Morgan fingerprint density at radius 1 is 1.60 bits per heavy atom. The van der Waals surface area contributed by atoms with Crippen LogP contribution in [0.4, 0.5) is 0 Å². The Bertz CT molecular complexity index is 431. The zero-order valence-electron chi connectivity index (χ0n) is 8.19. The van der Waals surface area contributed by atoms with Crippen LogP contribution in [0, 0.1) is 11.3 Å². The average Bonchev–Trinajstić information content (AvgIpc) is 2.65. The lowest BCUT2D eigenvalue weighted by atomic mass is 9.70. The van der Waals surface area contributed by atoms with E-state index in [0.29, 0.717) is 5.01 Å². The second-order valence-electron chi connectivity index (χ2n) is 3.45. The van der Waals surface area contributed by atoms with Crippen molar-refractivity contribution >= 4 is 17.3 Å². The minimum absolute atomic E-state index is 0.217. The molecule has 1 aromatic rings. The lowest BCUT2D eigenvalue weighted by molar-refractivity contribution is 0.0599. The Morgan fingerprint density at radius 3 is 2.80 bits per heavy atom. The van der Waals surface area contributed by atoms with Gasteiger partial charge in [0.25, 0.3) is 0 Å². The van der Waals surface area contributed by atoms with Gasteiger partial charge in [0.1, 0.15) is 10.4 Å². The second-order valence-corrected chi connectivity index (χ2v) is 4.43. The van der Waals surface area contributed by atoms with Crippen molar-refractivity contribution < 1.29 is 9.53 Å². The van der Waals surface area contributed by atoms with E-state index in [-0.39, 0.29) is 5.01 Å². The molecule has 15 heavy (non-hydrogen) atoms. The number of carbonyl (C=O) groups excluding carboxylic acids is 1. The molecule has 78 valence electrons. The largest absolute Gasteiger partial charge is 0.464 e. The van der Waals surface area contributed by atoms with Gasteiger partial charge in [0, 0.05) is 0 Å². The fourth-order valence-electron chi connectivity index (χ4n) is 1.49. The summed E-state index contributed by atoms with van der Waals surface area (Å²) in [6, 6.07) is 2.26. The molecule has 1 saturated carbocycles. The molecule has 0 saturated heterocycles. The number of rotatable bonds is 2. The van der Waals surface area contributed by atoms with Crippen molar-refractivity contribution in [2.24, 2.45) is 0 Å². The van der Waals surface area contributed by atoms with Crippen LogP contribution in [-0.4, -0.2) is 23.3 Å². The predicted molar refractivity (Wildman–Crippen MR) is 52.4 cm³/mol. The summed E-state index contributed by atoms with van der Waals surface area (Å²) in [6.07, 6.45) is 2.64. The topological polar surface area (TPSA) is 75.9 Å². The molecule has 1 aromatic heterocycles. The molecule has 5 nitrogen and oxygen atoms in total. The van der Waals surface area contributed by atoms with Crippen molar-refractivity contribution in [2.75, 3.05) is 7.11 Å². The molecule has 0 unspecified atom stereocenters. The van der Waals surface area contributed by atoms with Gasteiger partial charge in [0.2, 0.25) is 5.01 Å². The highest BCUT2D eigenvalue weighted by atomic mass is 32.1. The lowest BCUT2D eigenvalue weighted by Crippen LogP contribution is -2.32. The van der Waals surface area contributed by atoms with Crippen LogP contribution in [0.5, 0.6) is 0 Å². The number of aromatic nitrogens is 2. The summed E-state index contributed by atoms with van der Waals surface area (Å²) < 4.78 is 4.53. The van der Waals surface area contributed by atoms with Crippen LogP contribution < -0.4 is 0 Å². The van der Waals surface area contributed by atoms with Crippen LogP contribution >= 0.6 is 11.3 Å². The van der Waals surface area contributed by atoms with Crippen LogP contribution in [0.1, 0.15) is 34.1 Å². The maximum absolute atomic E-state index is 11.2. The van der Waals surface area contributed by atoms with Gasteiger partial charge < -0.3 is 4.74 Å². The molecule has 0 atom stereocenters. The summed E-state index contributed by atoms with van der Waals surface area (Å²) in [5.74, 6) is -0.494. The van der Waals surface area contributed by atoms with E-state index in [1.807, 2.05) is 0 Å². The van der Waals surface area contributed by atoms with Crippen LogP contribution in [0.25, 0.3) is 0 Å². The molecule has 2 rings (SSSR count). The first-order valence-corrected chi connectivity index (χ1v) is 5.37. The van der Waals surface area contributed by atoms with E-state index in [9.17, 15) is 4.79 Å². The third kappa shape index (κ3) is 1.49. The predicted octanol–water partition coefficient (Wildman–Crippen LogP) is 1.27. The monoisotopic (exact) mass is 223 g/mol. The van der Waals surface area contributed by atoms with E-state index < -0.39 is 11.4 Å². The molecular formula is C9H9N3O2S. The van der Waals surface area contributed by atoms with Crippen molar-refractivity contribution in [3.63, 3.8) is 0 Å². The quantitative estimate of drug-likeness (QED) is 0.706. The summed E-state index contributed by atoms with van der Waals surface area (Å²) in [5.41, 5.74) is -0.496. The van der Waals surface area contributed by atoms with Gasteiger partial charge in [-0.15, -0.1) is 10.2 Å². The molecule has 0 amide bonds. The first kappa shape index (κ1) is 10.1. The van der Waals surface area contributed by atoms with Crippen molar-refractivity contribution in [1.29, 1.82) is 5.26 Å². The highest BCUT2D eigenvalue weighted by molar-refractivity contribution is 7.13. The SMILES string of the molecule is COC(=O)c1nnc(C2(C#N)CCC2)s1. The normalized spacial score (nSPS) is 17.6. The molecule has 0 aliphatic heterocycles. The summed E-state index contributed by atoms with van der Waals surface area (Å²) in [4.78, 5) is 11.2. The Hall–Kier alpha value is -1.48. The maximum atomic E-state index is 11.2. The van der Waals surface area contributed by atoms with Gasteiger partial charge in [-0.1, -0.05) is 11.3 Å². The summed E-state index contributed by atoms with van der Waals surface area (Å²) in [6.45, 7) is 0. The van der Waals surface area contributed by atoms with E-state index >= 15 is 0 Å². The number of hydrogen-bond donors (Lipinski definition) is 0. The first-order chi connectivity index (χ1) is 7.22. The Kier molecular flexibility index (Phi) is 2.40. The molecule has 0 spiro atoms. The van der Waals surface area contributed by atoms with E-state index in [1.165, 1.54) is 7.11 Å². The summed E-state index contributed by atoms with van der Waals surface area (Å²) in [7, 11) is 1.30. The molecule has 0 N–H and O–H groups in total. The number of nitrogens with zero attached hydrogens (tertiary/aromatic N) is 3. The van der Waals surface area contributed by atoms with Crippen LogP contribution in [0.3, 0.4) is 0 Å². The number of nitriles is 1. The van der Waals surface area contributed by atoms with Crippen LogP contribution in [-0.2, 0) is 10.2 Å². The molecule has 0 aromatic carbocycles. The first-order valence-electron chi connectivity index (χ1n) is 4.55. The molecule has 0 radical (unpaired) electrons. The molecule has 1 aliphatic rings. The summed E-state index contributed by atoms with van der Waals surface area (Å²) >= 11 is 1.15. The Labute approximate surface area is 90.7 Å². The molecule has 1 heterocycles. The number of esters is 1. The fourth-order valence-corrected chi connectivity index (χ4v) is 2.45. The van der Waals surface area contributed by atoms with E-state index in [1.54, 1.807) is 0 Å². The standard InChI is InChI=1S/C9H9N3O2S/c1-14-7(13)6-11-12-8(15-6)9(5-10)3-2-4-9/h2-4H2,1H3. The Morgan fingerprint density at radius 2 is 2.33 bits per heavy atom. The number of methoxy groups -OCH3 is 1. The van der Waals surface area contributed by atoms with Crippen molar-refractivity contribution in [2.45, 2.75) is 24.7 Å². The highest BCUT2D eigenvalue weighted by Gasteiger charge is 2.42. The fraction of sp³-hybridized carbons (Fsp3) is 0.556. The van der Waals surface area contributed by atoms with E-state index in [2.05, 4.69) is 21.0 Å². The van der Waals surface area contributed by atoms with Gasteiger partial charge in [0.05, 0.1) is 13.2 Å². The van der Waals surface area contributed by atoms with Gasteiger partial charge in [0.15, 0.2) is 0 Å². The second kappa shape index (κ2) is 3.59. The average molecular weight is 223 g/mol. The molecule has 6 heteroatoms. The Balaban J connectivity index is 2.28. The van der Waals surface area contributed by atoms with Crippen LogP contribution in [0.2, 0.25) is 0 Å². The maximum Gasteiger partial charge on any atom is 0.369 e. The van der Waals surface area contributed by atoms with Crippen molar-refractivity contribution in [3.05, 3.63) is 10.0 Å². The van der Waals surface area contributed by atoms with Gasteiger partial charge in [-0.2, -0.15) is 5.26 Å². The summed E-state index contributed by atoms with van der Waals surface area (Å²) in [5, 5.41) is 17.5. The van der Waals surface area contributed by atoms with Gasteiger partial charge in [-0.05, 0) is 19.3 Å². The van der Waals surface area contributed by atoms with Crippen LogP contribution in [0.15, 0.2) is 0 Å². The van der Waals surface area contributed by atoms with Gasteiger partial charge in [-0.3, -0.25) is 0 Å². The van der Waals surface area contributed by atoms with Crippen molar-refractivity contribution in [1.82, 2.24) is 10.2 Å². The minimum Gasteiger partial charge on any atom is -0.464 e. The highest BCUT2D eigenvalue weighted by Crippen LogP contribution is 2.44. The lowest BCUT2D eigenvalue weighted by Gasteiger charge is -2.32. The van der Waals surface area contributed by atoms with E-state index in [0.717, 1.165) is 30.6 Å². The molecular weight excluding hydrogens is 214 g/mol. The van der Waals surface area contributed by atoms with Gasteiger partial charge in [-0.25, -0.2) is 4.79 Å². The third-order valence-electron chi connectivity index (χ3n) is 2.62. The minimum atomic E-state index is -0.496. The molecule has 0 bridgehead atoms. The molecule has 1 fully saturated rings. The van der Waals surface area contributed by atoms with Gasteiger partial charge >= 0.3 is 5.97 Å². The third-order valence-corrected chi connectivity index (χ3v) is 3.72. The number of carbonyl (C=O) groups is 1.